The van der Waals surface area contributed by atoms with E-state index < -0.39 is 9.84 Å². The molecule has 2 rings (SSSR count). The number of anilines is 1. The Kier molecular flexibility index (Phi) is 5.65. The van der Waals surface area contributed by atoms with Crippen LogP contribution in [0.4, 0.5) is 5.69 Å². The molecule has 0 saturated carbocycles. The molecule has 0 spiro atoms. The van der Waals surface area contributed by atoms with Crippen LogP contribution in [0.1, 0.15) is 39.0 Å². The molecule has 21 heavy (non-hydrogen) atoms. The monoisotopic (exact) mass is 310 g/mol. The van der Waals surface area contributed by atoms with Crippen LogP contribution < -0.4 is 10.6 Å². The summed E-state index contributed by atoms with van der Waals surface area (Å²) in [6.07, 6.45) is 4.93. The second kappa shape index (κ2) is 7.27. The van der Waals surface area contributed by atoms with Crippen LogP contribution in [-0.2, 0) is 9.84 Å². The quantitative estimate of drug-likeness (QED) is 0.841. The Balaban J connectivity index is 2.31. The van der Waals surface area contributed by atoms with Crippen molar-refractivity contribution in [3.8, 4) is 0 Å². The van der Waals surface area contributed by atoms with Gasteiger partial charge in [-0.15, -0.1) is 0 Å². The van der Waals surface area contributed by atoms with E-state index in [0.717, 1.165) is 37.9 Å². The van der Waals surface area contributed by atoms with Gasteiger partial charge in [-0.2, -0.15) is 0 Å². The van der Waals surface area contributed by atoms with Gasteiger partial charge in [0.25, 0.3) is 0 Å². The summed E-state index contributed by atoms with van der Waals surface area (Å²) in [5.41, 5.74) is 6.50. The van der Waals surface area contributed by atoms with Gasteiger partial charge in [-0.25, -0.2) is 8.42 Å². The third-order valence-electron chi connectivity index (χ3n) is 4.10. The highest BCUT2D eigenvalue weighted by atomic mass is 32.2. The van der Waals surface area contributed by atoms with Crippen molar-refractivity contribution in [3.63, 3.8) is 0 Å². The summed E-state index contributed by atoms with van der Waals surface area (Å²) in [5, 5.41) is 0. The van der Waals surface area contributed by atoms with E-state index >= 15 is 0 Å². The molecule has 1 unspecified atom stereocenters. The minimum Gasteiger partial charge on any atom is -0.367 e. The van der Waals surface area contributed by atoms with Gasteiger partial charge in [0.1, 0.15) is 0 Å². The van der Waals surface area contributed by atoms with Gasteiger partial charge in [0.15, 0.2) is 9.84 Å². The molecule has 1 fully saturated rings. The highest BCUT2D eigenvalue weighted by molar-refractivity contribution is 7.91. The summed E-state index contributed by atoms with van der Waals surface area (Å²) in [5.74, 6) is 0.214. The van der Waals surface area contributed by atoms with Crippen molar-refractivity contribution in [2.75, 3.05) is 23.7 Å². The van der Waals surface area contributed by atoms with Gasteiger partial charge in [0.05, 0.1) is 16.3 Å². The topological polar surface area (TPSA) is 63.4 Å². The standard InChI is InChI=1S/C16H26N2O2S/c1-2-13-21(19,20)16-10-4-3-9-15(16)18-12-6-8-14(18)7-5-11-17/h3-4,9-10,14H,2,5-8,11-13,17H2,1H3. The first kappa shape index (κ1) is 16.3. The lowest BCUT2D eigenvalue weighted by molar-refractivity contribution is 0.578. The van der Waals surface area contributed by atoms with Gasteiger partial charge < -0.3 is 10.6 Å². The first-order valence-corrected chi connectivity index (χ1v) is 9.54. The SMILES string of the molecule is CCCS(=O)(=O)c1ccccc1N1CCCC1CCCN. The van der Waals surface area contributed by atoms with E-state index in [-0.39, 0.29) is 5.75 Å². The molecule has 0 amide bonds. The molecule has 0 bridgehead atoms. The highest BCUT2D eigenvalue weighted by Crippen LogP contribution is 2.33. The lowest BCUT2D eigenvalue weighted by Crippen LogP contribution is -2.31. The molecule has 1 aromatic rings. The average molecular weight is 310 g/mol. The normalized spacial score (nSPS) is 19.1. The van der Waals surface area contributed by atoms with Gasteiger partial charge >= 0.3 is 0 Å². The Hall–Kier alpha value is -1.07. The van der Waals surface area contributed by atoms with Crippen molar-refractivity contribution >= 4 is 15.5 Å². The fourth-order valence-corrected chi connectivity index (χ4v) is 4.69. The van der Waals surface area contributed by atoms with E-state index in [9.17, 15) is 8.42 Å². The van der Waals surface area contributed by atoms with Gasteiger partial charge in [0.2, 0.25) is 0 Å². The maximum atomic E-state index is 12.5. The van der Waals surface area contributed by atoms with Crippen LogP contribution >= 0.6 is 0 Å². The number of para-hydroxylation sites is 1. The Morgan fingerprint density at radius 1 is 1.33 bits per heavy atom. The highest BCUT2D eigenvalue weighted by Gasteiger charge is 2.28. The van der Waals surface area contributed by atoms with E-state index in [1.807, 2.05) is 25.1 Å². The Labute approximate surface area is 128 Å². The van der Waals surface area contributed by atoms with Crippen LogP contribution in [0.2, 0.25) is 0 Å². The molecule has 4 nitrogen and oxygen atoms in total. The number of rotatable bonds is 7. The molecule has 0 aromatic heterocycles. The van der Waals surface area contributed by atoms with Crippen molar-refractivity contribution in [2.45, 2.75) is 50.0 Å². The molecule has 0 radical (unpaired) electrons. The average Bonchev–Trinajstić information content (AvgIpc) is 2.93. The molecule has 1 atom stereocenters. The first-order valence-electron chi connectivity index (χ1n) is 7.88. The molecule has 2 N–H and O–H groups in total. The largest absolute Gasteiger partial charge is 0.367 e. The van der Waals surface area contributed by atoms with E-state index in [4.69, 9.17) is 5.73 Å². The van der Waals surface area contributed by atoms with Crippen LogP contribution in [0.25, 0.3) is 0 Å². The number of benzene rings is 1. The molecular formula is C16H26N2O2S. The Bertz CT molecular complexity index is 557. The molecule has 1 heterocycles. The van der Waals surface area contributed by atoms with Crippen molar-refractivity contribution in [1.82, 2.24) is 0 Å². The zero-order valence-electron chi connectivity index (χ0n) is 12.8. The summed E-state index contributed by atoms with van der Waals surface area (Å²) in [4.78, 5) is 2.77. The lowest BCUT2D eigenvalue weighted by Gasteiger charge is -2.28. The summed E-state index contributed by atoms with van der Waals surface area (Å²) in [6.45, 7) is 3.54. The van der Waals surface area contributed by atoms with Crippen LogP contribution in [0.15, 0.2) is 29.2 Å². The van der Waals surface area contributed by atoms with Gasteiger partial charge in [0, 0.05) is 12.6 Å². The summed E-state index contributed by atoms with van der Waals surface area (Å²) in [7, 11) is -3.19. The lowest BCUT2D eigenvalue weighted by atomic mass is 10.1. The van der Waals surface area contributed by atoms with Crippen molar-refractivity contribution < 1.29 is 8.42 Å². The molecule has 5 heteroatoms. The fourth-order valence-electron chi connectivity index (χ4n) is 3.14. The summed E-state index contributed by atoms with van der Waals surface area (Å²) >= 11 is 0. The van der Waals surface area contributed by atoms with Crippen molar-refractivity contribution in [3.05, 3.63) is 24.3 Å². The van der Waals surface area contributed by atoms with E-state index in [0.29, 0.717) is 23.9 Å². The second-order valence-electron chi connectivity index (χ2n) is 5.71. The predicted molar refractivity (Wildman–Crippen MR) is 87.4 cm³/mol. The predicted octanol–water partition coefficient (Wildman–Crippen LogP) is 2.58. The zero-order chi connectivity index (χ0) is 15.3. The summed E-state index contributed by atoms with van der Waals surface area (Å²) < 4.78 is 25.0. The van der Waals surface area contributed by atoms with Gasteiger partial charge in [-0.1, -0.05) is 19.1 Å². The fraction of sp³-hybridized carbons (Fsp3) is 0.625. The minimum atomic E-state index is -3.19. The molecule has 1 saturated heterocycles. The molecular weight excluding hydrogens is 284 g/mol. The second-order valence-corrected chi connectivity index (χ2v) is 7.78. The first-order chi connectivity index (χ1) is 10.1. The van der Waals surface area contributed by atoms with E-state index in [1.54, 1.807) is 6.07 Å². The maximum absolute atomic E-state index is 12.5. The van der Waals surface area contributed by atoms with Crippen LogP contribution in [-0.4, -0.2) is 33.3 Å². The molecule has 1 aliphatic rings. The zero-order valence-corrected chi connectivity index (χ0v) is 13.6. The van der Waals surface area contributed by atoms with E-state index in [2.05, 4.69) is 4.90 Å². The van der Waals surface area contributed by atoms with Crippen molar-refractivity contribution in [1.29, 1.82) is 0 Å². The van der Waals surface area contributed by atoms with Crippen LogP contribution in [0.5, 0.6) is 0 Å². The minimum absolute atomic E-state index is 0.214. The summed E-state index contributed by atoms with van der Waals surface area (Å²) in [6, 6.07) is 7.86. The smallest absolute Gasteiger partial charge is 0.180 e. The molecule has 1 aliphatic heterocycles. The van der Waals surface area contributed by atoms with Gasteiger partial charge in [-0.05, 0) is 50.8 Å². The number of nitrogens with zero attached hydrogens (tertiary/aromatic N) is 1. The molecule has 0 aliphatic carbocycles. The third-order valence-corrected chi connectivity index (χ3v) is 6.06. The Morgan fingerprint density at radius 3 is 2.81 bits per heavy atom. The van der Waals surface area contributed by atoms with Crippen molar-refractivity contribution in [2.24, 2.45) is 5.73 Å². The Morgan fingerprint density at radius 2 is 2.10 bits per heavy atom. The number of hydrogen-bond acceptors (Lipinski definition) is 4. The number of hydrogen-bond donors (Lipinski definition) is 1. The number of sulfone groups is 1. The van der Waals surface area contributed by atoms with Crippen LogP contribution in [0, 0.1) is 0 Å². The van der Waals surface area contributed by atoms with Crippen LogP contribution in [0.3, 0.4) is 0 Å². The third kappa shape index (κ3) is 3.77. The molecule has 1 aromatic carbocycles. The maximum Gasteiger partial charge on any atom is 0.180 e. The molecule has 118 valence electrons. The number of nitrogens with two attached hydrogens (primary N) is 1. The van der Waals surface area contributed by atoms with E-state index in [1.165, 1.54) is 0 Å². The van der Waals surface area contributed by atoms with Gasteiger partial charge in [-0.3, -0.25) is 0 Å².